The Labute approximate surface area is 182 Å². The van der Waals surface area contributed by atoms with Crippen LogP contribution in [-0.4, -0.2) is 26.6 Å². The number of H-pyrrole nitrogens is 1. The van der Waals surface area contributed by atoms with Crippen molar-refractivity contribution in [2.45, 2.75) is 19.4 Å². The number of aryl methyl sites for hydroxylation is 1. The molecule has 5 rings (SSSR count). The number of halogens is 1. The van der Waals surface area contributed by atoms with Crippen LogP contribution in [0.15, 0.2) is 82.4 Å². The van der Waals surface area contributed by atoms with Crippen molar-refractivity contribution in [1.82, 2.24) is 15.0 Å². The third-order valence-corrected chi connectivity index (χ3v) is 5.92. The molecule has 3 aromatic carbocycles. The summed E-state index contributed by atoms with van der Waals surface area (Å²) >= 11 is 3.48. The minimum atomic E-state index is -0.289. The van der Waals surface area contributed by atoms with Crippen LogP contribution in [0.2, 0.25) is 0 Å². The summed E-state index contributed by atoms with van der Waals surface area (Å²) in [5.41, 5.74) is 5.28. The first-order valence-electron chi connectivity index (χ1n) is 9.77. The number of imidazole rings is 1. The zero-order valence-electron chi connectivity index (χ0n) is 16.3. The lowest BCUT2D eigenvalue weighted by Gasteiger charge is -2.20. The first-order chi connectivity index (χ1) is 14.6. The Morgan fingerprint density at radius 1 is 1.03 bits per heavy atom. The van der Waals surface area contributed by atoms with Crippen LogP contribution >= 0.6 is 15.9 Å². The average Bonchev–Trinajstić information content (AvgIpc) is 3.38. The van der Waals surface area contributed by atoms with E-state index in [0.29, 0.717) is 12.0 Å². The van der Waals surface area contributed by atoms with Gasteiger partial charge >= 0.3 is 0 Å². The first kappa shape index (κ1) is 18.8. The topological polar surface area (TPSA) is 61.4 Å². The molecule has 1 aliphatic heterocycles. The number of aromatic amines is 1. The Morgan fingerprint density at radius 2 is 1.77 bits per heavy atom. The zero-order chi connectivity index (χ0) is 20.7. The highest BCUT2D eigenvalue weighted by Crippen LogP contribution is 2.34. The van der Waals surface area contributed by atoms with Gasteiger partial charge in [-0.25, -0.2) is 9.99 Å². The van der Waals surface area contributed by atoms with Crippen molar-refractivity contribution in [3.63, 3.8) is 0 Å². The SMILES string of the molecule is Cc1ccccc1C(=O)N1N=C(c2ccc(Br)cc2)C[C@@H]1c1nc2ccccc2[nH]1. The van der Waals surface area contributed by atoms with Crippen LogP contribution in [0.4, 0.5) is 0 Å². The predicted molar refractivity (Wildman–Crippen MR) is 121 cm³/mol. The summed E-state index contributed by atoms with van der Waals surface area (Å²) < 4.78 is 1.01. The summed E-state index contributed by atoms with van der Waals surface area (Å²) in [5, 5.41) is 6.34. The number of carbonyl (C=O) groups excluding carboxylic acids is 1. The second-order valence-corrected chi connectivity index (χ2v) is 8.29. The van der Waals surface area contributed by atoms with Crippen molar-refractivity contribution in [3.05, 3.63) is 99.8 Å². The molecule has 0 unspecified atom stereocenters. The molecule has 1 aromatic heterocycles. The number of aromatic nitrogens is 2. The second kappa shape index (κ2) is 7.54. The summed E-state index contributed by atoms with van der Waals surface area (Å²) in [4.78, 5) is 21.6. The number of amides is 1. The van der Waals surface area contributed by atoms with Gasteiger partial charge < -0.3 is 4.98 Å². The van der Waals surface area contributed by atoms with E-state index in [9.17, 15) is 4.79 Å². The van der Waals surface area contributed by atoms with Crippen molar-refractivity contribution in [2.24, 2.45) is 5.10 Å². The molecule has 0 bridgehead atoms. The van der Waals surface area contributed by atoms with Gasteiger partial charge in [0.15, 0.2) is 0 Å². The number of nitrogens with one attached hydrogen (secondary N) is 1. The van der Waals surface area contributed by atoms with E-state index in [2.05, 4.69) is 20.9 Å². The zero-order valence-corrected chi connectivity index (χ0v) is 17.9. The number of benzene rings is 3. The van der Waals surface area contributed by atoms with Crippen molar-refractivity contribution in [3.8, 4) is 0 Å². The fourth-order valence-electron chi connectivity index (χ4n) is 3.79. The molecule has 1 N–H and O–H groups in total. The Bertz CT molecular complexity index is 1240. The molecular formula is C24H19BrN4O. The molecular weight excluding hydrogens is 440 g/mol. The van der Waals surface area contributed by atoms with Gasteiger partial charge in [-0.05, 0) is 48.4 Å². The number of carbonyl (C=O) groups is 1. The third-order valence-electron chi connectivity index (χ3n) is 5.39. The Morgan fingerprint density at radius 3 is 2.53 bits per heavy atom. The van der Waals surface area contributed by atoms with E-state index in [1.54, 1.807) is 5.01 Å². The fourth-order valence-corrected chi connectivity index (χ4v) is 4.06. The summed E-state index contributed by atoms with van der Waals surface area (Å²) in [5.74, 6) is 0.625. The number of hydrogen-bond donors (Lipinski definition) is 1. The molecule has 0 saturated heterocycles. The van der Waals surface area contributed by atoms with Crippen LogP contribution in [0.3, 0.4) is 0 Å². The molecule has 4 aromatic rings. The van der Waals surface area contributed by atoms with E-state index in [-0.39, 0.29) is 11.9 Å². The Balaban J connectivity index is 1.58. The van der Waals surface area contributed by atoms with Gasteiger partial charge in [0.25, 0.3) is 5.91 Å². The molecule has 30 heavy (non-hydrogen) atoms. The third kappa shape index (κ3) is 3.33. The van der Waals surface area contributed by atoms with Crippen LogP contribution in [0.25, 0.3) is 11.0 Å². The van der Waals surface area contributed by atoms with E-state index in [0.717, 1.165) is 38.2 Å². The second-order valence-electron chi connectivity index (χ2n) is 7.38. The van der Waals surface area contributed by atoms with E-state index < -0.39 is 0 Å². The molecule has 5 nitrogen and oxygen atoms in total. The Kier molecular flexibility index (Phi) is 4.71. The van der Waals surface area contributed by atoms with Crippen molar-refractivity contribution >= 4 is 38.6 Å². The van der Waals surface area contributed by atoms with Crippen LogP contribution in [0.1, 0.15) is 39.8 Å². The normalized spacial score (nSPS) is 16.1. The minimum Gasteiger partial charge on any atom is -0.340 e. The highest BCUT2D eigenvalue weighted by Gasteiger charge is 2.36. The van der Waals surface area contributed by atoms with Crippen molar-refractivity contribution < 1.29 is 4.79 Å². The number of nitrogens with zero attached hydrogens (tertiary/aromatic N) is 3. The van der Waals surface area contributed by atoms with Gasteiger partial charge in [-0.3, -0.25) is 4.79 Å². The smallest absolute Gasteiger partial charge is 0.274 e. The number of rotatable bonds is 3. The molecule has 0 spiro atoms. The molecule has 6 heteroatoms. The molecule has 1 aliphatic rings. The van der Waals surface area contributed by atoms with Gasteiger partial charge in [-0.1, -0.05) is 58.4 Å². The lowest BCUT2D eigenvalue weighted by atomic mass is 10.0. The molecule has 0 fully saturated rings. The number of fused-ring (bicyclic) bond motifs is 1. The van der Waals surface area contributed by atoms with Gasteiger partial charge in [0.2, 0.25) is 0 Å². The fraction of sp³-hybridized carbons (Fsp3) is 0.125. The lowest BCUT2D eigenvalue weighted by molar-refractivity contribution is 0.0704. The first-order valence-corrected chi connectivity index (χ1v) is 10.6. The molecule has 1 atom stereocenters. The maximum atomic E-state index is 13.5. The quantitative estimate of drug-likeness (QED) is 0.432. The van der Waals surface area contributed by atoms with Crippen LogP contribution in [-0.2, 0) is 0 Å². The standard InChI is InChI=1S/C24H19BrN4O/c1-15-6-2-3-7-18(15)24(30)29-22(23-26-19-8-4-5-9-20(19)27-23)14-21(28-29)16-10-12-17(25)13-11-16/h2-13,22H,14H2,1H3,(H,26,27)/t22-/m1/s1. The van der Waals surface area contributed by atoms with E-state index >= 15 is 0 Å². The summed E-state index contributed by atoms with van der Waals surface area (Å²) in [6.45, 7) is 1.94. The summed E-state index contributed by atoms with van der Waals surface area (Å²) in [6.07, 6.45) is 0.596. The van der Waals surface area contributed by atoms with Gasteiger partial charge in [-0.2, -0.15) is 5.10 Å². The van der Waals surface area contributed by atoms with Gasteiger partial charge in [0, 0.05) is 16.5 Å². The molecule has 0 radical (unpaired) electrons. The molecule has 2 heterocycles. The molecule has 0 aliphatic carbocycles. The van der Waals surface area contributed by atoms with Crippen LogP contribution < -0.4 is 0 Å². The summed E-state index contributed by atoms with van der Waals surface area (Å²) in [6, 6.07) is 23.2. The van der Waals surface area contributed by atoms with Crippen molar-refractivity contribution in [1.29, 1.82) is 0 Å². The number of hydrogen-bond acceptors (Lipinski definition) is 3. The van der Waals surface area contributed by atoms with Gasteiger partial charge in [0.05, 0.1) is 16.7 Å². The molecule has 148 valence electrons. The maximum Gasteiger partial charge on any atom is 0.274 e. The van der Waals surface area contributed by atoms with E-state index in [1.807, 2.05) is 79.7 Å². The van der Waals surface area contributed by atoms with Gasteiger partial charge in [-0.15, -0.1) is 0 Å². The van der Waals surface area contributed by atoms with Crippen LogP contribution in [0.5, 0.6) is 0 Å². The van der Waals surface area contributed by atoms with Gasteiger partial charge in [0.1, 0.15) is 11.9 Å². The number of para-hydroxylation sites is 2. The summed E-state index contributed by atoms with van der Waals surface area (Å²) in [7, 11) is 0. The Hall–Kier alpha value is -3.25. The van der Waals surface area contributed by atoms with Crippen molar-refractivity contribution in [2.75, 3.05) is 0 Å². The lowest BCUT2D eigenvalue weighted by Crippen LogP contribution is -2.28. The van der Waals surface area contributed by atoms with E-state index in [1.165, 1.54) is 0 Å². The predicted octanol–water partition coefficient (Wildman–Crippen LogP) is 5.63. The monoisotopic (exact) mass is 458 g/mol. The molecule has 1 amide bonds. The number of hydrazone groups is 1. The average molecular weight is 459 g/mol. The minimum absolute atomic E-state index is 0.120. The van der Waals surface area contributed by atoms with E-state index in [4.69, 9.17) is 10.1 Å². The maximum absolute atomic E-state index is 13.5. The highest BCUT2D eigenvalue weighted by molar-refractivity contribution is 9.10. The van der Waals surface area contributed by atoms with Crippen LogP contribution in [0, 0.1) is 6.92 Å². The highest BCUT2D eigenvalue weighted by atomic mass is 79.9. The molecule has 0 saturated carbocycles. The largest absolute Gasteiger partial charge is 0.340 e.